The van der Waals surface area contributed by atoms with Crippen LogP contribution in [0.15, 0.2) is 83.4 Å². The third-order valence-electron chi connectivity index (χ3n) is 13.3. The fourth-order valence-electron chi connectivity index (χ4n) is 8.60. The molecule has 3 rings (SSSR count). The summed E-state index contributed by atoms with van der Waals surface area (Å²) in [5.41, 5.74) is 13.4. The second-order valence-electron chi connectivity index (χ2n) is 20.2. The number of guanidine groups is 1. The summed E-state index contributed by atoms with van der Waals surface area (Å²) < 4.78 is 5.82. The zero-order valence-corrected chi connectivity index (χ0v) is 45.9. The average molecular weight is 1110 g/mol. The minimum Gasteiger partial charge on any atom is -0.508 e. The maximum absolute atomic E-state index is 14.5. The molecule has 1 heterocycles. The van der Waals surface area contributed by atoms with E-state index in [-0.39, 0.29) is 68.3 Å². The molecule has 1 fully saturated rings. The van der Waals surface area contributed by atoms with Crippen molar-refractivity contribution in [2.45, 2.75) is 141 Å². The number of nitrogens with two attached hydrogens (primary N) is 2. The van der Waals surface area contributed by atoms with E-state index in [9.17, 15) is 63.6 Å². The number of allylic oxidation sites excluding steroid dienone is 2. The van der Waals surface area contributed by atoms with Gasteiger partial charge in [0.1, 0.15) is 42.0 Å². The molecule has 0 spiro atoms. The number of carbonyl (C=O) groups is 9. The lowest BCUT2D eigenvalue weighted by Crippen LogP contribution is -2.60. The highest BCUT2D eigenvalue weighted by Crippen LogP contribution is 2.19. The first-order valence-corrected chi connectivity index (χ1v) is 26.3. The lowest BCUT2D eigenvalue weighted by Gasteiger charge is -2.29. The fraction of sp³-hybridized carbons (Fsp3) is 0.527. The molecule has 1 aliphatic rings. The number of nitrogens with zero attached hydrogens (tertiary/aromatic N) is 1. The molecule has 1 aliphatic heterocycles. The highest BCUT2D eigenvalue weighted by molar-refractivity contribution is 5.97. The number of carboxylic acids is 2. The van der Waals surface area contributed by atoms with E-state index in [4.69, 9.17) is 16.2 Å². The first-order valence-electron chi connectivity index (χ1n) is 26.3. The van der Waals surface area contributed by atoms with Crippen LogP contribution >= 0.6 is 0 Å². The first-order chi connectivity index (χ1) is 37.3. The van der Waals surface area contributed by atoms with Crippen LogP contribution in [0.3, 0.4) is 0 Å². The maximum Gasteiger partial charge on any atom is 0.327 e. The van der Waals surface area contributed by atoms with Crippen LogP contribution in [-0.2, 0) is 60.7 Å². The molecule has 79 heavy (non-hydrogen) atoms. The van der Waals surface area contributed by atoms with Gasteiger partial charge >= 0.3 is 11.9 Å². The minimum absolute atomic E-state index is 0.00336. The highest BCUT2D eigenvalue weighted by Gasteiger charge is 2.38. The van der Waals surface area contributed by atoms with Crippen molar-refractivity contribution in [3.05, 3.63) is 89.5 Å². The smallest absolute Gasteiger partial charge is 0.327 e. The predicted octanol–water partition coefficient (Wildman–Crippen LogP) is 0.442. The quantitative estimate of drug-likeness (QED) is 0.0393. The predicted molar refractivity (Wildman–Crippen MR) is 292 cm³/mol. The van der Waals surface area contributed by atoms with Crippen LogP contribution in [0.25, 0.3) is 0 Å². The number of benzene rings is 2. The van der Waals surface area contributed by atoms with Crippen LogP contribution in [0.5, 0.6) is 5.75 Å². The Hall–Kier alpha value is -7.86. The number of aliphatic hydroxyl groups excluding tert-OH is 1. The van der Waals surface area contributed by atoms with E-state index in [1.54, 1.807) is 46.1 Å². The molecule has 0 aliphatic carbocycles. The fourth-order valence-corrected chi connectivity index (χ4v) is 8.60. The number of aliphatic imine (C=N–C) groups is 1. The molecule has 15 N–H and O–H groups in total. The molecule has 0 bridgehead atoms. The van der Waals surface area contributed by atoms with Crippen molar-refractivity contribution in [1.82, 2.24) is 37.2 Å². The third-order valence-corrected chi connectivity index (χ3v) is 13.3. The van der Waals surface area contributed by atoms with Gasteiger partial charge in [0.15, 0.2) is 5.96 Å². The third kappa shape index (κ3) is 22.6. The number of aliphatic hydroxyl groups is 1. The van der Waals surface area contributed by atoms with E-state index in [1.807, 2.05) is 43.3 Å². The van der Waals surface area contributed by atoms with Gasteiger partial charge in [-0.3, -0.25) is 38.6 Å². The molecule has 0 aromatic heterocycles. The Morgan fingerprint density at radius 2 is 1.30 bits per heavy atom. The Balaban J connectivity index is 2.17. The van der Waals surface area contributed by atoms with Gasteiger partial charge in [0.2, 0.25) is 41.4 Å². The minimum atomic E-state index is -1.97. The molecule has 434 valence electrons. The van der Waals surface area contributed by atoms with Gasteiger partial charge in [0.05, 0.1) is 30.6 Å². The van der Waals surface area contributed by atoms with Crippen LogP contribution in [0.1, 0.15) is 91.2 Å². The second-order valence-corrected chi connectivity index (χ2v) is 20.2. The molecular formula is C55H80N10O14. The van der Waals surface area contributed by atoms with Gasteiger partial charge in [-0.1, -0.05) is 101 Å². The number of ether oxygens (including phenoxy) is 1. The van der Waals surface area contributed by atoms with Crippen molar-refractivity contribution in [3.63, 3.8) is 0 Å². The standard InChI is InChI=1S/C55H80N10O14/c1-30(2)26-42-51(73)62-40(22-18-35-16-19-37(67)20-17-35)50(72)65-46(54(77)78)34(6)48(70)61-39(14-11-25-58-55(56)57)49(71)60-38(21-15-31(3)27-32(4)44(79-7)28-36-12-9-8-10-13-36)33(5)47(69)63-41(53(75)76)23-24-45(68)59-43(29-66)52(74)64-42/h8-10,12-13,15-17,19-21,27,30,32-34,38-44,46,66-67H,11,14,18,22-26,28-29H2,1-7H3,(H,59,68)(H,60,71)(H,61,70)(H,62,73)(H,63,69)(H,64,74)(H,65,72)(H,75,76)(H,77,78)(H4,56,57,58)/b21-15+,31-27+/t32-,33-,34-,38-,39-,40-,41+,42+,43-,44-,46+/m0/s1. The number of aromatic hydroxyl groups is 1. The zero-order valence-electron chi connectivity index (χ0n) is 45.9. The lowest BCUT2D eigenvalue weighted by molar-refractivity contribution is -0.146. The van der Waals surface area contributed by atoms with Crippen molar-refractivity contribution in [3.8, 4) is 5.75 Å². The number of methoxy groups -OCH3 is 1. The molecule has 24 nitrogen and oxygen atoms in total. The van der Waals surface area contributed by atoms with Gasteiger partial charge in [-0.05, 0) is 81.0 Å². The van der Waals surface area contributed by atoms with E-state index in [0.717, 1.165) is 5.56 Å². The average Bonchev–Trinajstić information content (AvgIpc) is 3.40. The Kier molecular flexibility index (Phi) is 27.1. The Labute approximate surface area is 460 Å². The van der Waals surface area contributed by atoms with Crippen molar-refractivity contribution >= 4 is 59.2 Å². The molecule has 2 aromatic rings. The van der Waals surface area contributed by atoms with Crippen LogP contribution < -0.4 is 48.7 Å². The van der Waals surface area contributed by atoms with Crippen LogP contribution in [0.4, 0.5) is 0 Å². The summed E-state index contributed by atoms with van der Waals surface area (Å²) in [5.74, 6) is -13.3. The summed E-state index contributed by atoms with van der Waals surface area (Å²) in [7, 11) is 1.60. The van der Waals surface area contributed by atoms with Gasteiger partial charge in [-0.25, -0.2) is 9.59 Å². The molecule has 7 amide bonds. The Morgan fingerprint density at radius 1 is 0.722 bits per heavy atom. The van der Waals surface area contributed by atoms with Gasteiger partial charge in [0, 0.05) is 26.0 Å². The molecule has 24 heteroatoms. The molecule has 1 saturated heterocycles. The number of hydrogen-bond donors (Lipinski definition) is 13. The molecule has 11 atom stereocenters. The summed E-state index contributed by atoms with van der Waals surface area (Å²) in [6.07, 6.45) is 4.23. The van der Waals surface area contributed by atoms with Gasteiger partial charge in [-0.2, -0.15) is 0 Å². The number of aliphatic carboxylic acids is 2. The molecule has 0 radical (unpaired) electrons. The van der Waals surface area contributed by atoms with Crippen molar-refractivity contribution in [2.75, 3.05) is 20.3 Å². The van der Waals surface area contributed by atoms with Crippen molar-refractivity contribution in [2.24, 2.45) is 40.1 Å². The number of amides is 7. The topological polar surface area (TPSA) is 392 Å². The number of carboxylic acid groups (broad SMARTS) is 2. The molecular weight excluding hydrogens is 1020 g/mol. The molecule has 2 aromatic carbocycles. The van der Waals surface area contributed by atoms with Crippen molar-refractivity contribution in [1.29, 1.82) is 0 Å². The Morgan fingerprint density at radius 3 is 1.90 bits per heavy atom. The first kappa shape index (κ1) is 65.4. The largest absolute Gasteiger partial charge is 0.508 e. The summed E-state index contributed by atoms with van der Waals surface area (Å²) >= 11 is 0. The second kappa shape index (κ2) is 32.8. The normalized spacial score (nSPS) is 24.7. The summed E-state index contributed by atoms with van der Waals surface area (Å²) in [5, 5.41) is 58.4. The molecule has 0 unspecified atom stereocenters. The van der Waals surface area contributed by atoms with Crippen LogP contribution in [0, 0.1) is 23.7 Å². The summed E-state index contributed by atoms with van der Waals surface area (Å²) in [6.45, 7) is 8.86. The maximum atomic E-state index is 14.5. The summed E-state index contributed by atoms with van der Waals surface area (Å²) in [6, 6.07) is 4.78. The SMILES string of the molecule is CO[C@@H](Cc1ccccc1)[C@@H](C)/C=C(C)/C=C/[C@@H]1NC(=O)[C@H](CCCN=C(N)N)NC(=O)[C@@H](C)[C@H](C(=O)O)NC(=O)[C@H](CCc2ccc(O)cc2)NC(=O)[C@@H](CC(C)C)NC(=O)[C@H](CO)NC(=O)CC[C@H](C(=O)O)NC(=O)[C@H]1C. The van der Waals surface area contributed by atoms with Crippen LogP contribution in [0.2, 0.25) is 0 Å². The van der Waals surface area contributed by atoms with E-state index < -0.39 is 127 Å². The highest BCUT2D eigenvalue weighted by atomic mass is 16.5. The monoisotopic (exact) mass is 1100 g/mol. The Bertz CT molecular complexity index is 2480. The summed E-state index contributed by atoms with van der Waals surface area (Å²) in [4.78, 5) is 128. The van der Waals surface area contributed by atoms with Gasteiger partial charge < -0.3 is 73.8 Å². The van der Waals surface area contributed by atoms with Crippen LogP contribution in [-0.4, -0.2) is 148 Å². The number of aryl methyl sites for hydroxylation is 1. The van der Waals surface area contributed by atoms with E-state index in [0.29, 0.717) is 17.6 Å². The van der Waals surface area contributed by atoms with Crippen molar-refractivity contribution < 1.29 is 68.3 Å². The lowest BCUT2D eigenvalue weighted by atomic mass is 9.94. The zero-order chi connectivity index (χ0) is 58.9. The van der Waals surface area contributed by atoms with E-state index in [2.05, 4.69) is 42.2 Å². The van der Waals surface area contributed by atoms with Gasteiger partial charge in [0.25, 0.3) is 0 Å². The number of phenols is 1. The van der Waals surface area contributed by atoms with E-state index in [1.165, 1.54) is 32.1 Å². The van der Waals surface area contributed by atoms with Gasteiger partial charge in [-0.15, -0.1) is 0 Å². The number of nitrogens with one attached hydrogen (secondary N) is 7. The number of rotatable bonds is 19. The number of carbonyl (C=O) groups excluding carboxylic acids is 7. The molecule has 0 saturated carbocycles. The number of phenolic OH excluding ortho intramolecular Hbond substituents is 1. The van der Waals surface area contributed by atoms with E-state index >= 15 is 0 Å². The number of hydrogen-bond acceptors (Lipinski definition) is 13.